The predicted molar refractivity (Wildman–Crippen MR) is 113 cm³/mol. The molecule has 1 N–H and O–H groups in total. The molecule has 5 heteroatoms. The monoisotopic (exact) mass is 533 g/mol. The van der Waals surface area contributed by atoms with Gasteiger partial charge in [-0.2, -0.15) is 5.26 Å². The summed E-state index contributed by atoms with van der Waals surface area (Å²) in [6.07, 6.45) is 1.70. The molecule has 2 atom stereocenters. The molecule has 0 aliphatic heterocycles. The summed E-state index contributed by atoms with van der Waals surface area (Å²) in [5.41, 5.74) is 1.41. The second-order valence-electron chi connectivity index (χ2n) is 4.75. The zero-order chi connectivity index (χ0) is 15.6. The zero-order valence-corrected chi connectivity index (χ0v) is 16.4. The first-order chi connectivity index (χ1) is 9.63. The van der Waals surface area contributed by atoms with E-state index in [2.05, 4.69) is 74.2 Å². The summed E-state index contributed by atoms with van der Waals surface area (Å²) in [6, 6.07) is 10.3. The Bertz CT molecular complexity index is 418. The molecule has 1 rings (SSSR count). The molecule has 0 amide bonds. The minimum absolute atomic E-state index is 0. The summed E-state index contributed by atoms with van der Waals surface area (Å²) in [4.78, 5) is 4.22. The average molecular weight is 533 g/mol. The quantitative estimate of drug-likeness (QED) is 0.246. The van der Waals surface area contributed by atoms with E-state index in [1.54, 1.807) is 0 Å². The fourth-order valence-corrected chi connectivity index (χ4v) is 2.04. The predicted octanol–water partition coefficient (Wildman–Crippen LogP) is 6.90. The lowest BCUT2D eigenvalue weighted by molar-refractivity contribution is -0.250. The van der Waals surface area contributed by atoms with Crippen molar-refractivity contribution in [3.8, 4) is 6.07 Å². The van der Waals surface area contributed by atoms with Gasteiger partial charge in [0.15, 0.2) is 0 Å². The standard InChI is InChI=1S/C15H21NO2.2CH4.I2/c1-4-12(3)13-6-8-14(9-7-13)15(5-2,10-16)11-18-17;;;1-2/h6-9,12,17H,4-5,11H2,1-3H3;2*1H4;. The number of nitrogens with zero attached hydrogens (tertiary/aromatic N) is 1. The third-order valence-electron chi connectivity index (χ3n) is 3.77. The van der Waals surface area contributed by atoms with Gasteiger partial charge < -0.3 is 0 Å². The van der Waals surface area contributed by atoms with Gasteiger partial charge in [-0.05, 0) is 29.9 Å². The van der Waals surface area contributed by atoms with E-state index in [4.69, 9.17) is 5.26 Å². The van der Waals surface area contributed by atoms with E-state index in [-0.39, 0.29) is 21.5 Å². The highest BCUT2D eigenvalue weighted by Crippen LogP contribution is 2.29. The fraction of sp³-hybridized carbons (Fsp3) is 0.588. The van der Waals surface area contributed by atoms with E-state index in [9.17, 15) is 5.26 Å². The van der Waals surface area contributed by atoms with Crippen molar-refractivity contribution >= 4 is 37.2 Å². The Morgan fingerprint density at radius 3 is 2.05 bits per heavy atom. The van der Waals surface area contributed by atoms with Crippen molar-refractivity contribution in [2.45, 2.75) is 59.8 Å². The lowest BCUT2D eigenvalue weighted by atomic mass is 9.79. The van der Waals surface area contributed by atoms with Crippen molar-refractivity contribution in [1.29, 1.82) is 5.26 Å². The first-order valence-corrected chi connectivity index (χ1v) is 12.8. The molecule has 0 aromatic heterocycles. The smallest absolute Gasteiger partial charge is 0.108 e. The van der Waals surface area contributed by atoms with Crippen molar-refractivity contribution < 1.29 is 10.1 Å². The molecule has 0 heterocycles. The Balaban J connectivity index is -0.000000864. The summed E-state index contributed by atoms with van der Waals surface area (Å²) in [6.45, 7) is 6.26. The van der Waals surface area contributed by atoms with Gasteiger partial charge in [0.1, 0.15) is 12.0 Å². The van der Waals surface area contributed by atoms with Crippen LogP contribution in [0.2, 0.25) is 0 Å². The van der Waals surface area contributed by atoms with Crippen molar-refractivity contribution in [1.82, 2.24) is 0 Å². The molecule has 1 aromatic rings. The topological polar surface area (TPSA) is 53.2 Å². The maximum Gasteiger partial charge on any atom is 0.108 e. The van der Waals surface area contributed by atoms with Gasteiger partial charge in [-0.15, -0.1) is 0 Å². The molecule has 0 radical (unpaired) electrons. The van der Waals surface area contributed by atoms with Gasteiger partial charge in [0.05, 0.1) is 6.07 Å². The minimum Gasteiger partial charge on any atom is -0.252 e. The first-order valence-electron chi connectivity index (χ1n) is 6.55. The molecule has 0 saturated carbocycles. The van der Waals surface area contributed by atoms with Crippen molar-refractivity contribution in [3.63, 3.8) is 0 Å². The fourth-order valence-electron chi connectivity index (χ4n) is 2.04. The second kappa shape index (κ2) is 14.7. The Morgan fingerprint density at radius 2 is 1.73 bits per heavy atom. The molecule has 2 unspecified atom stereocenters. The summed E-state index contributed by atoms with van der Waals surface area (Å²) < 4.78 is 0. The molecule has 128 valence electrons. The van der Waals surface area contributed by atoms with Crippen LogP contribution in [0.15, 0.2) is 24.3 Å². The van der Waals surface area contributed by atoms with Crippen LogP contribution in [0.4, 0.5) is 0 Å². The highest BCUT2D eigenvalue weighted by molar-refractivity contribution is 15.0. The molecule has 0 aliphatic rings. The normalized spacial score (nSPS) is 13.1. The first kappa shape index (κ1) is 27.0. The number of halogens is 2. The zero-order valence-electron chi connectivity index (χ0n) is 12.1. The lowest BCUT2D eigenvalue weighted by Crippen LogP contribution is -2.29. The minimum atomic E-state index is -0.761. The summed E-state index contributed by atoms with van der Waals surface area (Å²) >= 11 is 4.24. The molecule has 0 saturated heterocycles. The van der Waals surface area contributed by atoms with Crippen LogP contribution in [0, 0.1) is 11.3 Å². The van der Waals surface area contributed by atoms with Gasteiger partial charge in [-0.3, -0.25) is 5.26 Å². The van der Waals surface area contributed by atoms with Crippen LogP contribution >= 0.6 is 37.2 Å². The Hall–Kier alpha value is 0.0900. The SMILES string of the molecule is C.C.CCC(C)c1ccc(C(C#N)(CC)COO)cc1.II. The Kier molecular flexibility index (Phi) is 18.0. The average Bonchev–Trinajstić information content (AvgIpc) is 2.54. The van der Waals surface area contributed by atoms with Crippen LogP contribution in [0.5, 0.6) is 0 Å². The molecular weight excluding hydrogens is 504 g/mol. The highest BCUT2D eigenvalue weighted by atomic mass is 128. The van der Waals surface area contributed by atoms with Crippen LogP contribution in [0.3, 0.4) is 0 Å². The van der Waals surface area contributed by atoms with Crippen LogP contribution in [0.1, 0.15) is 65.5 Å². The highest BCUT2D eigenvalue weighted by Gasteiger charge is 2.31. The lowest BCUT2D eigenvalue weighted by Gasteiger charge is -2.24. The van der Waals surface area contributed by atoms with E-state index in [0.717, 1.165) is 12.0 Å². The summed E-state index contributed by atoms with van der Waals surface area (Å²) in [5.74, 6) is 0.520. The number of rotatable bonds is 6. The molecule has 1 aromatic carbocycles. The molecular formula is C17H29I2NO2. The van der Waals surface area contributed by atoms with Gasteiger partial charge in [0, 0.05) is 37.2 Å². The third-order valence-corrected chi connectivity index (χ3v) is 3.77. The van der Waals surface area contributed by atoms with E-state index < -0.39 is 5.41 Å². The van der Waals surface area contributed by atoms with Gasteiger partial charge in [0.2, 0.25) is 0 Å². The van der Waals surface area contributed by atoms with Gasteiger partial charge >= 0.3 is 0 Å². The number of nitriles is 1. The maximum atomic E-state index is 9.34. The van der Waals surface area contributed by atoms with Crippen molar-refractivity contribution in [2.24, 2.45) is 0 Å². The summed E-state index contributed by atoms with van der Waals surface area (Å²) in [5, 5.41) is 18.0. The molecule has 22 heavy (non-hydrogen) atoms. The van der Waals surface area contributed by atoms with Crippen LogP contribution in [-0.2, 0) is 10.3 Å². The number of hydrogen-bond donors (Lipinski definition) is 1. The van der Waals surface area contributed by atoms with E-state index in [1.165, 1.54) is 5.56 Å². The van der Waals surface area contributed by atoms with E-state index in [0.29, 0.717) is 12.3 Å². The molecule has 0 fully saturated rings. The largest absolute Gasteiger partial charge is 0.252 e. The third kappa shape index (κ3) is 7.11. The summed E-state index contributed by atoms with van der Waals surface area (Å²) in [7, 11) is 0. The number of benzene rings is 1. The van der Waals surface area contributed by atoms with E-state index >= 15 is 0 Å². The molecule has 0 spiro atoms. The van der Waals surface area contributed by atoms with Crippen LogP contribution in [0.25, 0.3) is 0 Å². The molecule has 0 bridgehead atoms. The van der Waals surface area contributed by atoms with Crippen LogP contribution in [-0.4, -0.2) is 11.9 Å². The Labute approximate surface area is 159 Å². The second-order valence-corrected chi connectivity index (χ2v) is 4.75. The van der Waals surface area contributed by atoms with Crippen molar-refractivity contribution in [2.75, 3.05) is 6.61 Å². The number of hydrogen-bond acceptors (Lipinski definition) is 3. The molecule has 0 aliphatic carbocycles. The molecule has 3 nitrogen and oxygen atoms in total. The van der Waals surface area contributed by atoms with Crippen LogP contribution < -0.4 is 0 Å². The maximum absolute atomic E-state index is 9.34. The van der Waals surface area contributed by atoms with Gasteiger partial charge in [0.25, 0.3) is 0 Å². The van der Waals surface area contributed by atoms with Gasteiger partial charge in [-0.1, -0.05) is 59.9 Å². The van der Waals surface area contributed by atoms with Crippen molar-refractivity contribution in [3.05, 3.63) is 35.4 Å². The van der Waals surface area contributed by atoms with E-state index in [1.807, 2.05) is 19.1 Å². The Morgan fingerprint density at radius 1 is 1.23 bits per heavy atom. The van der Waals surface area contributed by atoms with Gasteiger partial charge in [-0.25, -0.2) is 4.89 Å².